The molecule has 4 rings (SSSR count). The molecule has 2 aliphatic rings. The van der Waals surface area contributed by atoms with Gasteiger partial charge in [-0.2, -0.15) is 9.29 Å². The lowest BCUT2D eigenvalue weighted by atomic mass is 9.96. The molecule has 0 radical (unpaired) electrons. The highest BCUT2D eigenvalue weighted by molar-refractivity contribution is 7.89. The van der Waals surface area contributed by atoms with Gasteiger partial charge in [-0.1, -0.05) is 38.3 Å². The molecule has 168 valence electrons. The summed E-state index contributed by atoms with van der Waals surface area (Å²) in [6.07, 6.45) is 7.07. The summed E-state index contributed by atoms with van der Waals surface area (Å²) in [6.45, 7) is 6.18. The molecule has 0 spiro atoms. The molecule has 1 saturated carbocycles. The fourth-order valence-electron chi connectivity index (χ4n) is 4.41. The molecule has 1 aromatic heterocycles. The van der Waals surface area contributed by atoms with E-state index < -0.39 is 10.0 Å². The summed E-state index contributed by atoms with van der Waals surface area (Å²) in [6, 6.07) is 9.67. The van der Waals surface area contributed by atoms with Crippen LogP contribution in [-0.4, -0.2) is 54.9 Å². The fourth-order valence-corrected chi connectivity index (χ4v) is 5.83. The minimum atomic E-state index is -3.47. The lowest BCUT2D eigenvalue weighted by molar-refractivity contribution is 0.383. The molecule has 2 aromatic rings. The number of benzene rings is 1. The van der Waals surface area contributed by atoms with Crippen LogP contribution < -0.4 is 10.2 Å². The molecule has 0 atom stereocenters. The molecule has 1 aliphatic heterocycles. The van der Waals surface area contributed by atoms with Crippen LogP contribution in [0.25, 0.3) is 0 Å². The first-order valence-electron chi connectivity index (χ1n) is 11.4. The van der Waals surface area contributed by atoms with Gasteiger partial charge < -0.3 is 10.2 Å². The van der Waals surface area contributed by atoms with Gasteiger partial charge in [-0.05, 0) is 43.9 Å². The van der Waals surface area contributed by atoms with E-state index >= 15 is 0 Å². The van der Waals surface area contributed by atoms with Gasteiger partial charge in [0.2, 0.25) is 16.0 Å². The summed E-state index contributed by atoms with van der Waals surface area (Å²) in [7, 11) is -3.47. The quantitative estimate of drug-likeness (QED) is 0.735. The van der Waals surface area contributed by atoms with Gasteiger partial charge >= 0.3 is 0 Å². The summed E-state index contributed by atoms with van der Waals surface area (Å²) < 4.78 is 27.6. The Morgan fingerprint density at radius 1 is 1.00 bits per heavy atom. The number of rotatable bonds is 6. The van der Waals surface area contributed by atoms with E-state index in [4.69, 9.17) is 4.98 Å². The fraction of sp³-hybridized carbons (Fsp3) is 0.565. The van der Waals surface area contributed by atoms with Gasteiger partial charge in [0.15, 0.2) is 0 Å². The smallest absolute Gasteiger partial charge is 0.243 e. The minimum absolute atomic E-state index is 0.370. The van der Waals surface area contributed by atoms with E-state index in [1.165, 1.54) is 32.1 Å². The number of anilines is 2. The van der Waals surface area contributed by atoms with Gasteiger partial charge in [0.1, 0.15) is 5.82 Å². The second-order valence-electron chi connectivity index (χ2n) is 8.56. The molecule has 7 nitrogen and oxygen atoms in total. The summed E-state index contributed by atoms with van der Waals surface area (Å²) in [4.78, 5) is 11.9. The number of nitrogens with zero attached hydrogens (tertiary/aromatic N) is 4. The van der Waals surface area contributed by atoms with Crippen LogP contribution in [0.2, 0.25) is 0 Å². The van der Waals surface area contributed by atoms with Crippen molar-refractivity contribution in [2.45, 2.75) is 63.3 Å². The van der Waals surface area contributed by atoms with E-state index in [2.05, 4.69) is 22.1 Å². The number of sulfonamides is 1. The molecule has 1 N–H and O–H groups in total. The van der Waals surface area contributed by atoms with Gasteiger partial charge in [-0.3, -0.25) is 0 Å². The van der Waals surface area contributed by atoms with E-state index in [9.17, 15) is 8.42 Å². The van der Waals surface area contributed by atoms with Gasteiger partial charge in [0, 0.05) is 44.0 Å². The lowest BCUT2D eigenvalue weighted by Crippen LogP contribution is -2.49. The van der Waals surface area contributed by atoms with Crippen molar-refractivity contribution >= 4 is 21.8 Å². The zero-order valence-corrected chi connectivity index (χ0v) is 19.4. The highest BCUT2D eigenvalue weighted by atomic mass is 32.2. The monoisotopic (exact) mass is 443 g/mol. The van der Waals surface area contributed by atoms with Crippen LogP contribution in [0.15, 0.2) is 35.2 Å². The van der Waals surface area contributed by atoms with Crippen LogP contribution in [0, 0.1) is 6.92 Å². The molecule has 0 amide bonds. The lowest BCUT2D eigenvalue weighted by Gasteiger charge is -2.35. The normalized spacial score (nSPS) is 18.8. The predicted molar refractivity (Wildman–Crippen MR) is 124 cm³/mol. The molecule has 0 bridgehead atoms. The standard InChI is InChI=1S/C23H33N5O2S/c1-3-19-9-11-21(12-10-19)31(29,30)28-15-13-27(14-16-28)22-17-18(2)24-23(26-22)25-20-7-5-4-6-8-20/h9-12,17,20H,3-8,13-16H2,1-2H3,(H,24,25,26). The van der Waals surface area contributed by atoms with Crippen molar-refractivity contribution in [3.63, 3.8) is 0 Å². The average Bonchev–Trinajstić information content (AvgIpc) is 2.79. The van der Waals surface area contributed by atoms with E-state index in [0.29, 0.717) is 43.1 Å². The van der Waals surface area contributed by atoms with Crippen molar-refractivity contribution in [2.75, 3.05) is 36.4 Å². The van der Waals surface area contributed by atoms with Gasteiger partial charge in [0.05, 0.1) is 4.90 Å². The number of nitrogens with one attached hydrogen (secondary N) is 1. The molecule has 8 heteroatoms. The van der Waals surface area contributed by atoms with Gasteiger partial charge in [-0.15, -0.1) is 0 Å². The third-order valence-corrected chi connectivity index (χ3v) is 8.22. The minimum Gasteiger partial charge on any atom is -0.354 e. The molecule has 2 fully saturated rings. The van der Waals surface area contributed by atoms with Crippen LogP contribution in [0.5, 0.6) is 0 Å². The molecular weight excluding hydrogens is 410 g/mol. The Hall–Kier alpha value is -2.19. The predicted octanol–water partition coefficient (Wildman–Crippen LogP) is 3.60. The number of aromatic nitrogens is 2. The molecule has 31 heavy (non-hydrogen) atoms. The van der Waals surface area contributed by atoms with E-state index in [1.54, 1.807) is 16.4 Å². The maximum Gasteiger partial charge on any atom is 0.243 e. The summed E-state index contributed by atoms with van der Waals surface area (Å²) >= 11 is 0. The second kappa shape index (κ2) is 9.53. The molecule has 1 aliphatic carbocycles. The Balaban J connectivity index is 1.42. The highest BCUT2D eigenvalue weighted by Crippen LogP contribution is 2.24. The van der Waals surface area contributed by atoms with Crippen molar-refractivity contribution in [3.05, 3.63) is 41.6 Å². The maximum absolute atomic E-state index is 13.0. The van der Waals surface area contributed by atoms with Crippen LogP contribution in [0.3, 0.4) is 0 Å². The average molecular weight is 444 g/mol. The largest absolute Gasteiger partial charge is 0.354 e. The van der Waals surface area contributed by atoms with Gasteiger partial charge in [0.25, 0.3) is 0 Å². The maximum atomic E-state index is 13.0. The molecule has 1 saturated heterocycles. The zero-order chi connectivity index (χ0) is 21.8. The van der Waals surface area contributed by atoms with E-state index in [1.807, 2.05) is 25.1 Å². The highest BCUT2D eigenvalue weighted by Gasteiger charge is 2.29. The van der Waals surface area contributed by atoms with Crippen molar-refractivity contribution in [1.29, 1.82) is 0 Å². The number of aryl methyl sites for hydroxylation is 2. The number of piperazine rings is 1. The number of hydrogen-bond acceptors (Lipinski definition) is 6. The Morgan fingerprint density at radius 2 is 1.68 bits per heavy atom. The SMILES string of the molecule is CCc1ccc(S(=O)(=O)N2CCN(c3cc(C)nc(NC4CCCCC4)n3)CC2)cc1. The van der Waals surface area contributed by atoms with Crippen molar-refractivity contribution in [1.82, 2.24) is 14.3 Å². The molecule has 0 unspecified atom stereocenters. The molecule has 2 heterocycles. The van der Waals surface area contributed by atoms with Crippen molar-refractivity contribution < 1.29 is 8.42 Å². The van der Waals surface area contributed by atoms with E-state index in [-0.39, 0.29) is 0 Å². The Kier molecular flexibility index (Phi) is 6.77. The third-order valence-electron chi connectivity index (χ3n) is 6.31. The Morgan fingerprint density at radius 3 is 2.32 bits per heavy atom. The van der Waals surface area contributed by atoms with E-state index in [0.717, 1.165) is 23.5 Å². The Labute approximate surface area is 185 Å². The first kappa shape index (κ1) is 22.0. The first-order chi connectivity index (χ1) is 15.0. The van der Waals surface area contributed by atoms with Crippen LogP contribution in [-0.2, 0) is 16.4 Å². The van der Waals surface area contributed by atoms with Gasteiger partial charge in [-0.25, -0.2) is 13.4 Å². The first-order valence-corrected chi connectivity index (χ1v) is 12.9. The summed E-state index contributed by atoms with van der Waals surface area (Å²) in [5, 5.41) is 3.51. The van der Waals surface area contributed by atoms with Crippen molar-refractivity contribution in [3.8, 4) is 0 Å². The van der Waals surface area contributed by atoms with Crippen molar-refractivity contribution in [2.24, 2.45) is 0 Å². The number of hydrogen-bond donors (Lipinski definition) is 1. The second-order valence-corrected chi connectivity index (χ2v) is 10.5. The topological polar surface area (TPSA) is 78.4 Å². The summed E-state index contributed by atoms with van der Waals surface area (Å²) in [5.74, 6) is 1.56. The Bertz CT molecular complexity index is 980. The van der Waals surface area contributed by atoms with Crippen LogP contribution in [0.1, 0.15) is 50.3 Å². The zero-order valence-electron chi connectivity index (χ0n) is 18.5. The third kappa shape index (κ3) is 5.18. The van der Waals surface area contributed by atoms with Crippen LogP contribution >= 0.6 is 0 Å². The molecule has 1 aromatic carbocycles. The van der Waals surface area contributed by atoms with Crippen LogP contribution in [0.4, 0.5) is 11.8 Å². The molecular formula is C23H33N5O2S. The summed E-state index contributed by atoms with van der Waals surface area (Å²) in [5.41, 5.74) is 2.06.